The van der Waals surface area contributed by atoms with Gasteiger partial charge in [0.2, 0.25) is 0 Å². The Labute approximate surface area is 112 Å². The Morgan fingerprint density at radius 2 is 1.89 bits per heavy atom. The van der Waals surface area contributed by atoms with Gasteiger partial charge in [-0.15, -0.1) is 0 Å². The maximum atomic E-state index is 11.4. The van der Waals surface area contributed by atoms with Crippen molar-refractivity contribution >= 4 is 6.29 Å². The van der Waals surface area contributed by atoms with Crippen LogP contribution in [0.15, 0.2) is 6.07 Å². The van der Waals surface area contributed by atoms with Gasteiger partial charge in [0.05, 0.1) is 33.0 Å². The van der Waals surface area contributed by atoms with Gasteiger partial charge in [-0.2, -0.15) is 0 Å². The Kier molecular flexibility index (Phi) is 3.78. The second kappa shape index (κ2) is 5.19. The molecule has 0 bridgehead atoms. The Bertz CT molecular complexity index is 489. The molecule has 1 aliphatic heterocycles. The van der Waals surface area contributed by atoms with E-state index < -0.39 is 5.79 Å². The van der Waals surface area contributed by atoms with Crippen molar-refractivity contribution in [3.8, 4) is 11.5 Å². The van der Waals surface area contributed by atoms with Crippen molar-refractivity contribution in [2.75, 3.05) is 27.4 Å². The van der Waals surface area contributed by atoms with Crippen LogP contribution in [0.4, 0.5) is 0 Å². The minimum absolute atomic E-state index is 0.435. The van der Waals surface area contributed by atoms with Crippen LogP contribution in [0.5, 0.6) is 11.5 Å². The molecule has 1 fully saturated rings. The van der Waals surface area contributed by atoms with Crippen molar-refractivity contribution in [1.29, 1.82) is 0 Å². The molecule has 1 aromatic carbocycles. The maximum Gasteiger partial charge on any atom is 0.193 e. The minimum atomic E-state index is -0.940. The Morgan fingerprint density at radius 3 is 2.37 bits per heavy atom. The van der Waals surface area contributed by atoms with Gasteiger partial charge < -0.3 is 18.9 Å². The SMILES string of the molecule is COc1cc(C2(C)OCCO2)c(C=O)c(OC)c1C. The number of carbonyl (C=O) groups excluding carboxylic acids is 1. The lowest BCUT2D eigenvalue weighted by atomic mass is 9.96. The molecular weight excluding hydrogens is 248 g/mol. The molecule has 104 valence electrons. The number of ether oxygens (including phenoxy) is 4. The van der Waals surface area contributed by atoms with Crippen molar-refractivity contribution in [1.82, 2.24) is 0 Å². The Balaban J connectivity index is 2.68. The molecular formula is C14H18O5. The van der Waals surface area contributed by atoms with E-state index in [2.05, 4.69) is 0 Å². The lowest BCUT2D eigenvalue weighted by Crippen LogP contribution is -2.25. The summed E-state index contributed by atoms with van der Waals surface area (Å²) in [6.07, 6.45) is 0.761. The number of hydrogen-bond acceptors (Lipinski definition) is 5. The molecule has 5 nitrogen and oxygen atoms in total. The number of rotatable bonds is 4. The Hall–Kier alpha value is -1.59. The van der Waals surface area contributed by atoms with Crippen molar-refractivity contribution in [2.45, 2.75) is 19.6 Å². The maximum absolute atomic E-state index is 11.4. The number of aldehydes is 1. The molecule has 0 aliphatic carbocycles. The molecule has 5 heteroatoms. The summed E-state index contributed by atoms with van der Waals surface area (Å²) in [5.74, 6) is 0.187. The van der Waals surface area contributed by atoms with Gasteiger partial charge in [0.15, 0.2) is 12.1 Å². The summed E-state index contributed by atoms with van der Waals surface area (Å²) in [7, 11) is 3.10. The molecule has 1 aromatic rings. The molecule has 0 N–H and O–H groups in total. The number of carbonyl (C=O) groups is 1. The van der Waals surface area contributed by atoms with Crippen LogP contribution in [0.2, 0.25) is 0 Å². The highest BCUT2D eigenvalue weighted by Crippen LogP contribution is 2.41. The van der Waals surface area contributed by atoms with E-state index in [1.54, 1.807) is 20.1 Å². The molecule has 19 heavy (non-hydrogen) atoms. The zero-order chi connectivity index (χ0) is 14.0. The predicted octanol–water partition coefficient (Wildman–Crippen LogP) is 2.04. The summed E-state index contributed by atoms with van der Waals surface area (Å²) < 4.78 is 21.9. The molecule has 1 aliphatic rings. The first-order chi connectivity index (χ1) is 9.07. The van der Waals surface area contributed by atoms with Crippen LogP contribution in [0.25, 0.3) is 0 Å². The van der Waals surface area contributed by atoms with E-state index in [4.69, 9.17) is 18.9 Å². The normalized spacial score (nSPS) is 17.3. The summed E-state index contributed by atoms with van der Waals surface area (Å²) in [5.41, 5.74) is 1.84. The fraction of sp³-hybridized carbons (Fsp3) is 0.500. The van der Waals surface area contributed by atoms with Crippen LogP contribution in [0, 0.1) is 6.92 Å². The smallest absolute Gasteiger partial charge is 0.193 e. The van der Waals surface area contributed by atoms with Gasteiger partial charge in [0.25, 0.3) is 0 Å². The third-order valence-corrected chi connectivity index (χ3v) is 3.39. The van der Waals surface area contributed by atoms with E-state index in [0.717, 1.165) is 11.8 Å². The lowest BCUT2D eigenvalue weighted by Gasteiger charge is -2.26. The summed E-state index contributed by atoms with van der Waals surface area (Å²) >= 11 is 0. The largest absolute Gasteiger partial charge is 0.496 e. The fourth-order valence-corrected chi connectivity index (χ4v) is 2.39. The van der Waals surface area contributed by atoms with Crippen LogP contribution >= 0.6 is 0 Å². The topological polar surface area (TPSA) is 54.0 Å². The summed E-state index contributed by atoms with van der Waals surface area (Å²) in [4.78, 5) is 11.4. The molecule has 0 unspecified atom stereocenters. The molecule has 0 aromatic heterocycles. The lowest BCUT2D eigenvalue weighted by molar-refractivity contribution is -0.150. The van der Waals surface area contributed by atoms with Crippen LogP contribution in [0.1, 0.15) is 28.4 Å². The monoisotopic (exact) mass is 266 g/mol. The molecule has 1 saturated heterocycles. The summed E-state index contributed by atoms with van der Waals surface area (Å²) in [6.45, 7) is 4.62. The van der Waals surface area contributed by atoms with E-state index in [1.807, 2.05) is 6.92 Å². The van der Waals surface area contributed by atoms with Gasteiger partial charge in [0, 0.05) is 11.1 Å². The van der Waals surface area contributed by atoms with E-state index in [9.17, 15) is 4.79 Å². The second-order valence-corrected chi connectivity index (χ2v) is 4.46. The third kappa shape index (κ3) is 2.19. The zero-order valence-electron chi connectivity index (χ0n) is 11.6. The highest BCUT2D eigenvalue weighted by molar-refractivity contribution is 5.84. The molecule has 0 radical (unpaired) electrons. The number of benzene rings is 1. The molecule has 2 rings (SSSR count). The minimum Gasteiger partial charge on any atom is -0.496 e. The molecule has 0 atom stereocenters. The van der Waals surface area contributed by atoms with Crippen LogP contribution in [-0.4, -0.2) is 33.7 Å². The fourth-order valence-electron chi connectivity index (χ4n) is 2.39. The van der Waals surface area contributed by atoms with E-state index in [1.165, 1.54) is 7.11 Å². The predicted molar refractivity (Wildman–Crippen MR) is 68.9 cm³/mol. The number of methoxy groups -OCH3 is 2. The molecule has 0 amide bonds. The summed E-state index contributed by atoms with van der Waals surface area (Å²) in [5, 5.41) is 0. The zero-order valence-corrected chi connectivity index (χ0v) is 11.6. The van der Waals surface area contributed by atoms with Crippen molar-refractivity contribution < 1.29 is 23.7 Å². The second-order valence-electron chi connectivity index (χ2n) is 4.46. The standard InChI is InChI=1S/C14H18O5/c1-9-12(16-3)7-11(10(8-15)13(9)17-4)14(2)18-5-6-19-14/h7-8H,5-6H2,1-4H3. The summed E-state index contributed by atoms with van der Waals surface area (Å²) in [6, 6.07) is 1.77. The van der Waals surface area contributed by atoms with Gasteiger partial charge in [0.1, 0.15) is 11.5 Å². The van der Waals surface area contributed by atoms with Gasteiger partial charge >= 0.3 is 0 Å². The third-order valence-electron chi connectivity index (χ3n) is 3.39. The average molecular weight is 266 g/mol. The van der Waals surface area contributed by atoms with Gasteiger partial charge in [-0.3, -0.25) is 4.79 Å². The van der Waals surface area contributed by atoms with E-state index in [-0.39, 0.29) is 0 Å². The van der Waals surface area contributed by atoms with Gasteiger partial charge in [-0.1, -0.05) is 0 Å². The average Bonchev–Trinajstić information content (AvgIpc) is 2.85. The highest BCUT2D eigenvalue weighted by atomic mass is 16.7. The van der Waals surface area contributed by atoms with Crippen molar-refractivity contribution in [2.24, 2.45) is 0 Å². The van der Waals surface area contributed by atoms with Gasteiger partial charge in [-0.25, -0.2) is 0 Å². The first-order valence-corrected chi connectivity index (χ1v) is 6.06. The molecule has 0 spiro atoms. The molecule has 1 heterocycles. The Morgan fingerprint density at radius 1 is 1.26 bits per heavy atom. The van der Waals surface area contributed by atoms with Crippen molar-refractivity contribution in [3.05, 3.63) is 22.8 Å². The van der Waals surface area contributed by atoms with Crippen molar-refractivity contribution in [3.63, 3.8) is 0 Å². The highest BCUT2D eigenvalue weighted by Gasteiger charge is 2.37. The van der Waals surface area contributed by atoms with Crippen LogP contribution in [0.3, 0.4) is 0 Å². The first-order valence-electron chi connectivity index (χ1n) is 6.06. The van der Waals surface area contributed by atoms with E-state index >= 15 is 0 Å². The molecule has 0 saturated carbocycles. The number of hydrogen-bond donors (Lipinski definition) is 0. The van der Waals surface area contributed by atoms with Crippen LogP contribution < -0.4 is 9.47 Å². The first kappa shape index (κ1) is 13.8. The van der Waals surface area contributed by atoms with E-state index in [0.29, 0.717) is 35.8 Å². The van der Waals surface area contributed by atoms with Gasteiger partial charge in [-0.05, 0) is 19.9 Å². The van der Waals surface area contributed by atoms with Crippen LogP contribution in [-0.2, 0) is 15.3 Å². The quantitative estimate of drug-likeness (QED) is 0.781.